The fourth-order valence-electron chi connectivity index (χ4n) is 1.26. The smallest absolute Gasteiger partial charge is 0.277 e. The van der Waals surface area contributed by atoms with Gasteiger partial charge in [0.25, 0.3) is 5.91 Å². The Morgan fingerprint density at radius 3 is 2.79 bits per heavy atom. The Kier molecular flexibility index (Phi) is 2.60. The molecule has 0 atom stereocenters. The third-order valence-corrected chi connectivity index (χ3v) is 2.57. The molecule has 76 valence electrons. The Morgan fingerprint density at radius 2 is 2.21 bits per heavy atom. The molecule has 1 fully saturated rings. The zero-order chi connectivity index (χ0) is 9.97. The highest BCUT2D eigenvalue weighted by atomic mass is 32.1. The monoisotopic (exact) mass is 214 g/mol. The van der Waals surface area contributed by atoms with E-state index in [1.807, 2.05) is 0 Å². The Morgan fingerprint density at radius 1 is 1.50 bits per heavy atom. The fraction of sp³-hybridized carbons (Fsp3) is 0.571. The molecule has 1 aromatic heterocycles. The highest BCUT2D eigenvalue weighted by Gasteiger charge is 2.22. The minimum atomic E-state index is -0.153. The van der Waals surface area contributed by atoms with E-state index in [0.29, 0.717) is 31.3 Å². The molecule has 2 rings (SSSR count). The number of nitrogens with two attached hydrogens (primary N) is 1. The highest BCUT2D eigenvalue weighted by molar-refractivity contribution is 7.10. The molecule has 1 amide bonds. The fourth-order valence-corrected chi connectivity index (χ4v) is 1.69. The van der Waals surface area contributed by atoms with Crippen LogP contribution in [0.15, 0.2) is 0 Å². The summed E-state index contributed by atoms with van der Waals surface area (Å²) in [4.78, 5) is 13.5. The van der Waals surface area contributed by atoms with Crippen LogP contribution in [0.3, 0.4) is 0 Å². The molecule has 2 N–H and O–H groups in total. The van der Waals surface area contributed by atoms with E-state index < -0.39 is 0 Å². The van der Waals surface area contributed by atoms with E-state index in [2.05, 4.69) is 9.59 Å². The van der Waals surface area contributed by atoms with Crippen molar-refractivity contribution in [3.05, 3.63) is 5.69 Å². The largest absolute Gasteiger partial charge is 0.387 e. The molecule has 1 saturated heterocycles. The molecule has 0 spiro atoms. The van der Waals surface area contributed by atoms with E-state index in [4.69, 9.17) is 10.5 Å². The first-order valence-electron chi connectivity index (χ1n) is 4.24. The van der Waals surface area contributed by atoms with Crippen LogP contribution >= 0.6 is 11.5 Å². The van der Waals surface area contributed by atoms with Crippen molar-refractivity contribution in [3.8, 4) is 0 Å². The summed E-state index contributed by atoms with van der Waals surface area (Å²) in [7, 11) is 0. The van der Waals surface area contributed by atoms with Crippen molar-refractivity contribution < 1.29 is 9.53 Å². The Balaban J connectivity index is 2.11. The highest BCUT2D eigenvalue weighted by Crippen LogP contribution is 2.15. The third kappa shape index (κ3) is 1.68. The van der Waals surface area contributed by atoms with Gasteiger partial charge < -0.3 is 15.4 Å². The van der Waals surface area contributed by atoms with E-state index in [-0.39, 0.29) is 11.6 Å². The molecule has 0 bridgehead atoms. The molecule has 0 saturated carbocycles. The number of carbonyl (C=O) groups excluding carboxylic acids is 1. The summed E-state index contributed by atoms with van der Waals surface area (Å²) in [6, 6.07) is 0. The van der Waals surface area contributed by atoms with Gasteiger partial charge in [-0.2, -0.15) is 0 Å². The number of hydrogen-bond acceptors (Lipinski definition) is 6. The lowest BCUT2D eigenvalue weighted by molar-refractivity contribution is 0.0299. The average Bonchev–Trinajstić information content (AvgIpc) is 2.65. The molecule has 1 aliphatic rings. The summed E-state index contributed by atoms with van der Waals surface area (Å²) in [6.07, 6.45) is 0. The van der Waals surface area contributed by atoms with Gasteiger partial charge in [0.2, 0.25) is 0 Å². The van der Waals surface area contributed by atoms with Crippen LogP contribution in [0.1, 0.15) is 10.5 Å². The van der Waals surface area contributed by atoms with Crippen LogP contribution in [0.25, 0.3) is 0 Å². The van der Waals surface area contributed by atoms with Gasteiger partial charge in [-0.05, 0) is 0 Å². The molecule has 1 aliphatic heterocycles. The van der Waals surface area contributed by atoms with Crippen molar-refractivity contribution in [2.45, 2.75) is 0 Å². The topological polar surface area (TPSA) is 81.3 Å². The molecule has 0 unspecified atom stereocenters. The van der Waals surface area contributed by atoms with Crippen molar-refractivity contribution in [3.63, 3.8) is 0 Å². The molecule has 0 aromatic carbocycles. The summed E-state index contributed by atoms with van der Waals surface area (Å²) in [6.45, 7) is 2.33. The Labute approximate surface area is 84.8 Å². The van der Waals surface area contributed by atoms with Crippen LogP contribution in [0.5, 0.6) is 0 Å². The normalized spacial score (nSPS) is 17.0. The SMILES string of the molecule is Nc1snnc1C(=O)N1CCOCC1. The second-order valence-corrected chi connectivity index (χ2v) is 3.68. The van der Waals surface area contributed by atoms with E-state index in [0.717, 1.165) is 11.5 Å². The van der Waals surface area contributed by atoms with Gasteiger partial charge in [-0.3, -0.25) is 4.79 Å². The average molecular weight is 214 g/mol. The quantitative estimate of drug-likeness (QED) is 0.687. The third-order valence-electron chi connectivity index (χ3n) is 2.01. The van der Waals surface area contributed by atoms with Crippen LogP contribution in [0.4, 0.5) is 5.00 Å². The summed E-state index contributed by atoms with van der Waals surface area (Å²) >= 11 is 1.03. The standard InChI is InChI=1S/C7H10N4O2S/c8-6-5(9-10-14-6)7(12)11-1-3-13-4-2-11/h1-4,8H2. The Bertz CT molecular complexity index is 334. The van der Waals surface area contributed by atoms with Crippen LogP contribution < -0.4 is 5.73 Å². The first-order chi connectivity index (χ1) is 6.79. The number of hydrogen-bond donors (Lipinski definition) is 1. The van der Waals surface area contributed by atoms with E-state index in [9.17, 15) is 4.79 Å². The second kappa shape index (κ2) is 3.89. The van der Waals surface area contributed by atoms with Crippen molar-refractivity contribution in [2.75, 3.05) is 32.0 Å². The summed E-state index contributed by atoms with van der Waals surface area (Å²) < 4.78 is 8.76. The van der Waals surface area contributed by atoms with Crippen molar-refractivity contribution in [2.24, 2.45) is 0 Å². The lowest BCUT2D eigenvalue weighted by Crippen LogP contribution is -2.41. The lowest BCUT2D eigenvalue weighted by atomic mass is 10.3. The van der Waals surface area contributed by atoms with Crippen LogP contribution in [0.2, 0.25) is 0 Å². The molecule has 0 radical (unpaired) electrons. The van der Waals surface area contributed by atoms with Gasteiger partial charge >= 0.3 is 0 Å². The lowest BCUT2D eigenvalue weighted by Gasteiger charge is -2.25. The number of anilines is 1. The molecule has 7 heteroatoms. The van der Waals surface area contributed by atoms with Gasteiger partial charge in [0.15, 0.2) is 5.69 Å². The maximum Gasteiger partial charge on any atom is 0.277 e. The van der Waals surface area contributed by atoms with Crippen molar-refractivity contribution in [1.82, 2.24) is 14.5 Å². The minimum Gasteiger partial charge on any atom is -0.387 e. The van der Waals surface area contributed by atoms with E-state index in [1.54, 1.807) is 4.90 Å². The van der Waals surface area contributed by atoms with Gasteiger partial charge in [-0.25, -0.2) is 0 Å². The van der Waals surface area contributed by atoms with Gasteiger partial charge in [-0.15, -0.1) is 5.10 Å². The predicted octanol–water partition coefficient (Wildman–Crippen LogP) is -0.407. The molecule has 1 aromatic rings. The molecular formula is C7H10N4O2S. The zero-order valence-corrected chi connectivity index (χ0v) is 8.29. The first kappa shape index (κ1) is 9.35. The number of carbonyl (C=O) groups is 1. The zero-order valence-electron chi connectivity index (χ0n) is 7.47. The maximum absolute atomic E-state index is 11.8. The molecule has 6 nitrogen and oxygen atoms in total. The number of amides is 1. The first-order valence-corrected chi connectivity index (χ1v) is 5.01. The number of morpholine rings is 1. The van der Waals surface area contributed by atoms with Gasteiger partial charge in [0.1, 0.15) is 5.00 Å². The maximum atomic E-state index is 11.8. The van der Waals surface area contributed by atoms with Crippen LogP contribution in [-0.4, -0.2) is 46.7 Å². The van der Waals surface area contributed by atoms with Gasteiger partial charge in [0, 0.05) is 24.6 Å². The number of nitrogen functional groups attached to an aromatic ring is 1. The van der Waals surface area contributed by atoms with E-state index in [1.165, 1.54) is 0 Å². The van der Waals surface area contributed by atoms with Crippen molar-refractivity contribution >= 4 is 22.4 Å². The van der Waals surface area contributed by atoms with Crippen molar-refractivity contribution in [1.29, 1.82) is 0 Å². The molecule has 14 heavy (non-hydrogen) atoms. The summed E-state index contributed by atoms with van der Waals surface area (Å²) in [5, 5.41) is 4.08. The van der Waals surface area contributed by atoms with Crippen LogP contribution in [-0.2, 0) is 4.74 Å². The number of nitrogens with zero attached hydrogens (tertiary/aromatic N) is 3. The second-order valence-electron chi connectivity index (χ2n) is 2.89. The Hall–Kier alpha value is -1.21. The molecule has 0 aliphatic carbocycles. The number of rotatable bonds is 1. The predicted molar refractivity (Wildman–Crippen MR) is 51.0 cm³/mol. The van der Waals surface area contributed by atoms with E-state index >= 15 is 0 Å². The number of ether oxygens (including phenoxy) is 1. The summed E-state index contributed by atoms with van der Waals surface area (Å²) in [5.41, 5.74) is 5.82. The molecule has 2 heterocycles. The summed E-state index contributed by atoms with van der Waals surface area (Å²) in [5.74, 6) is -0.153. The minimum absolute atomic E-state index is 0.153. The van der Waals surface area contributed by atoms with Crippen LogP contribution in [0, 0.1) is 0 Å². The number of aromatic nitrogens is 2. The van der Waals surface area contributed by atoms with Gasteiger partial charge in [-0.1, -0.05) is 4.49 Å². The molecular weight excluding hydrogens is 204 g/mol. The van der Waals surface area contributed by atoms with Gasteiger partial charge in [0.05, 0.1) is 13.2 Å².